The second kappa shape index (κ2) is 14.6. The highest BCUT2D eigenvalue weighted by atomic mass is 32.2. The number of nitrogens with one attached hydrogen (secondary N) is 3. The fourth-order valence-corrected chi connectivity index (χ4v) is 11.4. The quantitative estimate of drug-likeness (QED) is 0.124. The van der Waals surface area contributed by atoms with Gasteiger partial charge in [-0.1, -0.05) is 23.5 Å². The molecule has 0 bridgehead atoms. The Bertz CT molecular complexity index is 2930. The van der Waals surface area contributed by atoms with E-state index in [-0.39, 0.29) is 47.4 Å². The topological polar surface area (TPSA) is 152 Å². The third-order valence-corrected chi connectivity index (χ3v) is 14.4. The van der Waals surface area contributed by atoms with Gasteiger partial charge in [-0.05, 0) is 80.9 Å². The number of nitrogens with zero attached hydrogens (tertiary/aromatic N) is 7. The molecule has 2 aliphatic carbocycles. The predicted octanol–water partition coefficient (Wildman–Crippen LogP) is 7.00. The summed E-state index contributed by atoms with van der Waals surface area (Å²) in [4.78, 5) is 26.2. The maximum Gasteiger partial charge on any atom is 0.435 e. The van der Waals surface area contributed by atoms with Gasteiger partial charge in [0, 0.05) is 59.6 Å². The van der Waals surface area contributed by atoms with Crippen LogP contribution in [0.15, 0.2) is 42.5 Å². The van der Waals surface area contributed by atoms with Gasteiger partial charge in [0.15, 0.2) is 22.3 Å². The van der Waals surface area contributed by atoms with Crippen LogP contribution in [0.5, 0.6) is 0 Å². The lowest BCUT2D eigenvalue weighted by Crippen LogP contribution is -2.60. The molecule has 22 heteroatoms. The lowest BCUT2D eigenvalue weighted by Gasteiger charge is -2.52. The molecule has 2 aromatic carbocycles. The Morgan fingerprint density at radius 2 is 1.75 bits per heavy atom. The molecule has 0 radical (unpaired) electrons. The van der Waals surface area contributed by atoms with E-state index in [9.17, 15) is 35.2 Å². The number of amides is 1. The number of aryl methyl sites for hydroxylation is 1. The molecule has 1 spiro atoms. The second-order valence-corrected chi connectivity index (χ2v) is 19.9. The van der Waals surface area contributed by atoms with Gasteiger partial charge in [0.1, 0.15) is 23.9 Å². The highest BCUT2D eigenvalue weighted by Gasteiger charge is 2.63. The van der Waals surface area contributed by atoms with Crippen molar-refractivity contribution >= 4 is 59.5 Å². The van der Waals surface area contributed by atoms with Crippen molar-refractivity contribution in [2.24, 2.45) is 18.4 Å². The normalized spacial score (nSPS) is 20.7. The Kier molecular flexibility index (Phi) is 9.65. The van der Waals surface area contributed by atoms with E-state index in [2.05, 4.69) is 30.5 Å². The SMILES string of the molecule is Cn1nc(NS(C)(=O)=O)c2cccc(-c3cc4sc(N5CC6(CCNCC6)C5)nc4nc3[C@H](Cc3cc(F)cc(F)c3)NC(=O)Cn3nc(C(F)(F)F)c4c3C(F)(F)[C@@H]3CC[C@H]43)c21. The minimum absolute atomic E-state index is 0.0166. The number of sulfonamides is 1. The molecule has 0 unspecified atom stereocenters. The van der Waals surface area contributed by atoms with Crippen molar-refractivity contribution < 1.29 is 43.9 Å². The summed E-state index contributed by atoms with van der Waals surface area (Å²) >= 11 is 1.39. The van der Waals surface area contributed by atoms with Gasteiger partial charge in [-0.3, -0.25) is 18.9 Å². The Labute approximate surface area is 359 Å². The molecule has 10 rings (SSSR count). The Morgan fingerprint density at radius 1 is 1.02 bits per heavy atom. The first kappa shape index (κ1) is 41.6. The Balaban J connectivity index is 1.10. The summed E-state index contributed by atoms with van der Waals surface area (Å²) < 4.78 is 134. The number of hydrogen-bond acceptors (Lipinski definition) is 10. The zero-order chi connectivity index (χ0) is 44.4. The first-order chi connectivity index (χ1) is 29.8. The summed E-state index contributed by atoms with van der Waals surface area (Å²) in [6.45, 7) is 2.37. The monoisotopic (exact) mass is 916 g/mol. The lowest BCUT2D eigenvalue weighted by atomic mass is 9.73. The van der Waals surface area contributed by atoms with E-state index in [4.69, 9.17) is 9.97 Å². The number of carbonyl (C=O) groups excluding carboxylic acids is 1. The molecule has 1 amide bonds. The minimum Gasteiger partial charge on any atom is -0.347 e. The fourth-order valence-electron chi connectivity index (χ4n) is 9.97. The molecule has 332 valence electrons. The number of hydrogen-bond donors (Lipinski definition) is 3. The van der Waals surface area contributed by atoms with Crippen molar-refractivity contribution in [3.05, 3.63) is 82.3 Å². The molecular formula is C41H39F7N10O3S2. The summed E-state index contributed by atoms with van der Waals surface area (Å²) in [7, 11) is -2.17. The number of rotatable bonds is 10. The number of aromatic nitrogens is 6. The second-order valence-electron chi connectivity index (χ2n) is 17.2. The highest BCUT2D eigenvalue weighted by Crippen LogP contribution is 2.64. The number of carbonyl (C=O) groups is 1. The van der Waals surface area contributed by atoms with Crippen molar-refractivity contribution in [2.45, 2.75) is 62.7 Å². The fraction of sp³-hybridized carbons (Fsp3) is 0.439. The maximum absolute atomic E-state index is 15.8. The third kappa shape index (κ3) is 7.26. The number of benzene rings is 2. The number of anilines is 2. The molecule has 4 aromatic heterocycles. The van der Waals surface area contributed by atoms with Crippen molar-refractivity contribution in [1.29, 1.82) is 0 Å². The van der Waals surface area contributed by atoms with Gasteiger partial charge in [-0.15, -0.1) is 0 Å². The number of para-hydroxylation sites is 1. The summed E-state index contributed by atoms with van der Waals surface area (Å²) in [6, 6.07) is 8.32. The number of alkyl halides is 5. The maximum atomic E-state index is 15.8. The standard InChI is InChI=1S/C41H39F7N10O3S2/c1-56-33-23(4-3-5-25(33)36(54-56)55-63(2,60)61)26-16-29-37(52-38(62-29)57-18-39(19-57)8-10-49-11-9-39)51-32(26)28(14-20-12-21(42)15-22(43)13-20)50-30(59)17-58-35-31(34(53-58)41(46,47)48)24-6-7-27(24)40(35,44)45/h3-5,12-13,15-16,24,27-28,49H,6-11,14,17-19H2,1-2H3,(H,50,59)(H,54,55)/t24-,27+,28-/m0/s1. The van der Waals surface area contributed by atoms with E-state index in [1.165, 1.54) is 16.0 Å². The summed E-state index contributed by atoms with van der Waals surface area (Å²) in [6.07, 6.45) is -2.22. The average molecular weight is 917 g/mol. The smallest absolute Gasteiger partial charge is 0.347 e. The minimum atomic E-state index is -5.06. The number of thiazole rings is 1. The van der Waals surface area contributed by atoms with Crippen molar-refractivity contribution in [1.82, 2.24) is 40.2 Å². The molecule has 6 heterocycles. The number of piperidine rings is 1. The van der Waals surface area contributed by atoms with E-state index >= 15 is 8.78 Å². The molecular weight excluding hydrogens is 878 g/mol. The van der Waals surface area contributed by atoms with Gasteiger partial charge in [-0.25, -0.2) is 22.2 Å². The van der Waals surface area contributed by atoms with Crippen LogP contribution in [-0.2, 0) is 46.9 Å². The summed E-state index contributed by atoms with van der Waals surface area (Å²) in [5.41, 5.74) is -1.11. The first-order valence-corrected chi connectivity index (χ1v) is 23.0. The van der Waals surface area contributed by atoms with Crippen LogP contribution >= 0.6 is 11.3 Å². The van der Waals surface area contributed by atoms with Crippen LogP contribution in [0.25, 0.3) is 32.4 Å². The van der Waals surface area contributed by atoms with E-state index in [0.717, 1.165) is 57.4 Å². The molecule has 3 atom stereocenters. The molecule has 1 saturated carbocycles. The third-order valence-electron chi connectivity index (χ3n) is 12.8. The zero-order valence-corrected chi connectivity index (χ0v) is 35.3. The highest BCUT2D eigenvalue weighted by molar-refractivity contribution is 7.92. The van der Waals surface area contributed by atoms with Gasteiger partial charge in [0.25, 0.3) is 5.92 Å². The summed E-state index contributed by atoms with van der Waals surface area (Å²) in [5, 5.41) is 15.2. The van der Waals surface area contributed by atoms with Gasteiger partial charge in [-0.2, -0.15) is 37.1 Å². The van der Waals surface area contributed by atoms with E-state index in [1.807, 2.05) is 0 Å². The lowest BCUT2D eigenvalue weighted by molar-refractivity contribution is -0.144. The number of fused-ring (bicyclic) bond motifs is 5. The largest absolute Gasteiger partial charge is 0.435 e. The van der Waals surface area contributed by atoms with E-state index < -0.39 is 81.0 Å². The molecule has 63 heavy (non-hydrogen) atoms. The Hall–Kier alpha value is -5.35. The van der Waals surface area contributed by atoms with Crippen LogP contribution in [0, 0.1) is 23.0 Å². The molecule has 3 N–H and O–H groups in total. The number of halogens is 7. The summed E-state index contributed by atoms with van der Waals surface area (Å²) in [5.74, 6) is -8.90. The van der Waals surface area contributed by atoms with E-state index in [0.29, 0.717) is 42.6 Å². The predicted molar refractivity (Wildman–Crippen MR) is 220 cm³/mol. The molecule has 2 saturated heterocycles. The zero-order valence-electron chi connectivity index (χ0n) is 33.7. The molecule has 13 nitrogen and oxygen atoms in total. The van der Waals surface area contributed by atoms with Gasteiger partial charge < -0.3 is 15.5 Å². The van der Waals surface area contributed by atoms with Crippen molar-refractivity contribution in [3.63, 3.8) is 0 Å². The van der Waals surface area contributed by atoms with Gasteiger partial charge >= 0.3 is 6.18 Å². The molecule has 3 fully saturated rings. The van der Waals surface area contributed by atoms with Crippen LogP contribution in [0.3, 0.4) is 0 Å². The number of pyridine rings is 1. The van der Waals surface area contributed by atoms with Crippen LogP contribution in [0.4, 0.5) is 41.7 Å². The molecule has 4 aliphatic rings. The van der Waals surface area contributed by atoms with Crippen LogP contribution in [-0.4, -0.2) is 76.3 Å². The van der Waals surface area contributed by atoms with Crippen LogP contribution in [0.1, 0.15) is 65.9 Å². The van der Waals surface area contributed by atoms with Crippen molar-refractivity contribution in [2.75, 3.05) is 42.1 Å². The molecule has 6 aromatic rings. The first-order valence-electron chi connectivity index (χ1n) is 20.3. The van der Waals surface area contributed by atoms with Crippen molar-refractivity contribution in [3.8, 4) is 11.1 Å². The van der Waals surface area contributed by atoms with Gasteiger partial charge in [0.2, 0.25) is 15.9 Å². The molecule has 2 aliphatic heterocycles. The Morgan fingerprint density at radius 3 is 2.41 bits per heavy atom. The van der Waals surface area contributed by atoms with Gasteiger partial charge in [0.05, 0.1) is 28.2 Å². The van der Waals surface area contributed by atoms with Crippen LogP contribution in [0.2, 0.25) is 0 Å². The van der Waals surface area contributed by atoms with Crippen LogP contribution < -0.4 is 20.3 Å². The van der Waals surface area contributed by atoms with E-state index in [1.54, 1.807) is 31.3 Å². The average Bonchev–Trinajstić information content (AvgIpc) is 3.87.